The largest absolute Gasteiger partial charge is 0.494 e. The molecule has 1 aromatic rings. The molecule has 0 saturated heterocycles. The van der Waals surface area contributed by atoms with E-state index in [0.29, 0.717) is 6.04 Å². The lowest BCUT2D eigenvalue weighted by Crippen LogP contribution is -2.30. The van der Waals surface area contributed by atoms with Gasteiger partial charge < -0.3 is 10.1 Å². The molecule has 0 spiro atoms. The van der Waals surface area contributed by atoms with Gasteiger partial charge in [-0.05, 0) is 56.8 Å². The molecule has 0 heterocycles. The maximum Gasteiger partial charge on any atom is 0.119 e. The molecule has 19 heavy (non-hydrogen) atoms. The van der Waals surface area contributed by atoms with Crippen molar-refractivity contribution >= 4 is 0 Å². The van der Waals surface area contributed by atoms with E-state index in [1.54, 1.807) is 0 Å². The number of aryl methyl sites for hydroxylation is 1. The highest BCUT2D eigenvalue weighted by Crippen LogP contribution is 2.13. The predicted octanol–water partition coefficient (Wildman–Crippen LogP) is 4.10. The second-order valence-electron chi connectivity index (χ2n) is 4.93. The van der Waals surface area contributed by atoms with Crippen LogP contribution in [0.25, 0.3) is 0 Å². The number of unbranched alkanes of at least 4 members (excludes halogenated alkanes) is 1. The van der Waals surface area contributed by atoms with Crippen molar-refractivity contribution < 1.29 is 4.74 Å². The molecule has 1 rings (SSSR count). The Morgan fingerprint density at radius 1 is 1.37 bits per heavy atom. The second-order valence-corrected chi connectivity index (χ2v) is 4.93. The van der Waals surface area contributed by atoms with Crippen LogP contribution in [0.2, 0.25) is 0 Å². The predicted molar refractivity (Wildman–Crippen MR) is 82.8 cm³/mol. The zero-order valence-corrected chi connectivity index (χ0v) is 12.3. The van der Waals surface area contributed by atoms with Crippen LogP contribution in [0.5, 0.6) is 5.75 Å². The average molecular weight is 261 g/mol. The Kier molecular flexibility index (Phi) is 7.99. The van der Waals surface area contributed by atoms with Crippen LogP contribution in [0.15, 0.2) is 36.9 Å². The van der Waals surface area contributed by atoms with Gasteiger partial charge in [0, 0.05) is 6.04 Å². The fraction of sp³-hybridized carbons (Fsp3) is 0.529. The second kappa shape index (κ2) is 9.62. The number of benzene rings is 1. The zero-order chi connectivity index (χ0) is 13.9. The van der Waals surface area contributed by atoms with E-state index >= 15 is 0 Å². The minimum absolute atomic E-state index is 0.551. The molecule has 0 bridgehead atoms. The Morgan fingerprint density at radius 2 is 2.21 bits per heavy atom. The molecule has 0 fully saturated rings. The van der Waals surface area contributed by atoms with Crippen molar-refractivity contribution in [1.29, 1.82) is 0 Å². The van der Waals surface area contributed by atoms with Crippen molar-refractivity contribution in [3.8, 4) is 5.75 Å². The third kappa shape index (κ3) is 7.02. The number of nitrogens with one attached hydrogen (secondary N) is 1. The van der Waals surface area contributed by atoms with Gasteiger partial charge in [-0.3, -0.25) is 0 Å². The summed E-state index contributed by atoms with van der Waals surface area (Å²) < 4.78 is 5.81. The molecule has 0 amide bonds. The maximum absolute atomic E-state index is 5.81. The monoisotopic (exact) mass is 261 g/mol. The van der Waals surface area contributed by atoms with E-state index in [0.717, 1.165) is 31.7 Å². The first-order chi connectivity index (χ1) is 9.26. The maximum atomic E-state index is 5.81. The molecule has 1 N–H and O–H groups in total. The van der Waals surface area contributed by atoms with Crippen LogP contribution in [-0.2, 0) is 0 Å². The van der Waals surface area contributed by atoms with E-state index in [4.69, 9.17) is 4.74 Å². The van der Waals surface area contributed by atoms with Crippen molar-refractivity contribution in [2.75, 3.05) is 13.2 Å². The van der Waals surface area contributed by atoms with Gasteiger partial charge in [0.25, 0.3) is 0 Å². The van der Waals surface area contributed by atoms with Gasteiger partial charge in [-0.25, -0.2) is 0 Å². The summed E-state index contributed by atoms with van der Waals surface area (Å²) in [6.45, 7) is 9.80. The lowest BCUT2D eigenvalue weighted by molar-refractivity contribution is 0.280. The molecule has 1 aromatic carbocycles. The Morgan fingerprint density at radius 3 is 2.89 bits per heavy atom. The van der Waals surface area contributed by atoms with E-state index in [1.165, 1.54) is 18.4 Å². The van der Waals surface area contributed by atoms with E-state index in [2.05, 4.69) is 37.9 Å². The van der Waals surface area contributed by atoms with Gasteiger partial charge in [0.2, 0.25) is 0 Å². The molecule has 0 aliphatic heterocycles. The number of rotatable bonds is 10. The molecule has 106 valence electrons. The smallest absolute Gasteiger partial charge is 0.119 e. The summed E-state index contributed by atoms with van der Waals surface area (Å²) in [4.78, 5) is 0. The molecule has 2 nitrogen and oxygen atoms in total. The van der Waals surface area contributed by atoms with E-state index in [1.807, 2.05) is 18.2 Å². The molecular weight excluding hydrogens is 234 g/mol. The molecular formula is C17H27NO. The fourth-order valence-corrected chi connectivity index (χ4v) is 2.17. The lowest BCUT2D eigenvalue weighted by atomic mass is 10.1. The van der Waals surface area contributed by atoms with E-state index in [-0.39, 0.29) is 0 Å². The summed E-state index contributed by atoms with van der Waals surface area (Å²) in [6.07, 6.45) is 6.54. The van der Waals surface area contributed by atoms with Crippen molar-refractivity contribution in [3.63, 3.8) is 0 Å². The van der Waals surface area contributed by atoms with E-state index < -0.39 is 0 Å². The molecule has 0 radical (unpaired) electrons. The van der Waals surface area contributed by atoms with E-state index in [9.17, 15) is 0 Å². The summed E-state index contributed by atoms with van der Waals surface area (Å²) in [5, 5.41) is 3.52. The lowest BCUT2D eigenvalue weighted by Gasteiger charge is -2.18. The minimum Gasteiger partial charge on any atom is -0.494 e. The van der Waals surface area contributed by atoms with Gasteiger partial charge >= 0.3 is 0 Å². The first-order valence-corrected chi connectivity index (χ1v) is 7.30. The van der Waals surface area contributed by atoms with Crippen molar-refractivity contribution in [3.05, 3.63) is 42.5 Å². The van der Waals surface area contributed by atoms with Crippen molar-refractivity contribution in [1.82, 2.24) is 5.32 Å². The minimum atomic E-state index is 0.551. The van der Waals surface area contributed by atoms with Crippen molar-refractivity contribution in [2.45, 2.75) is 45.6 Å². The Labute approximate surface area is 117 Å². The van der Waals surface area contributed by atoms with Gasteiger partial charge in [-0.1, -0.05) is 25.1 Å². The molecule has 0 aliphatic rings. The van der Waals surface area contributed by atoms with Crippen LogP contribution < -0.4 is 10.1 Å². The first kappa shape index (κ1) is 15.8. The van der Waals surface area contributed by atoms with Crippen LogP contribution in [0.1, 0.15) is 38.2 Å². The Hall–Kier alpha value is -1.28. The van der Waals surface area contributed by atoms with Crippen LogP contribution >= 0.6 is 0 Å². The van der Waals surface area contributed by atoms with Gasteiger partial charge in [0.05, 0.1) is 6.61 Å². The number of allylic oxidation sites excluding steroid dienone is 1. The Balaban J connectivity index is 2.28. The quantitative estimate of drug-likeness (QED) is 0.506. The fourth-order valence-electron chi connectivity index (χ4n) is 2.17. The van der Waals surface area contributed by atoms with Gasteiger partial charge in [-0.2, -0.15) is 0 Å². The molecule has 1 atom stereocenters. The molecule has 0 saturated carbocycles. The SMILES string of the molecule is C=CCCCC(CCOc1cccc(C)c1)NCC. The van der Waals surface area contributed by atoms with Gasteiger partial charge in [0.1, 0.15) is 5.75 Å². The van der Waals surface area contributed by atoms with Gasteiger partial charge in [0.15, 0.2) is 0 Å². The van der Waals surface area contributed by atoms with Crippen LogP contribution in [-0.4, -0.2) is 19.2 Å². The molecule has 2 heteroatoms. The molecule has 0 aliphatic carbocycles. The van der Waals surface area contributed by atoms with Crippen LogP contribution in [0.3, 0.4) is 0 Å². The standard InChI is InChI=1S/C17H27NO/c1-4-6-7-10-16(18-5-2)12-13-19-17-11-8-9-15(3)14-17/h4,8-9,11,14,16,18H,1,5-7,10,12-13H2,2-3H3. The summed E-state index contributed by atoms with van der Waals surface area (Å²) in [7, 11) is 0. The molecule has 0 aromatic heterocycles. The van der Waals surface area contributed by atoms with Crippen LogP contribution in [0.4, 0.5) is 0 Å². The highest BCUT2D eigenvalue weighted by Gasteiger charge is 2.06. The average Bonchev–Trinajstić information content (AvgIpc) is 2.39. The highest BCUT2D eigenvalue weighted by atomic mass is 16.5. The summed E-state index contributed by atoms with van der Waals surface area (Å²) in [5.41, 5.74) is 1.24. The normalized spacial score (nSPS) is 12.1. The third-order valence-corrected chi connectivity index (χ3v) is 3.18. The summed E-state index contributed by atoms with van der Waals surface area (Å²) in [5.74, 6) is 0.973. The number of ether oxygens (including phenoxy) is 1. The zero-order valence-electron chi connectivity index (χ0n) is 12.3. The molecule has 1 unspecified atom stereocenters. The number of hydrogen-bond donors (Lipinski definition) is 1. The third-order valence-electron chi connectivity index (χ3n) is 3.18. The van der Waals surface area contributed by atoms with Crippen LogP contribution in [0, 0.1) is 6.92 Å². The Bertz CT molecular complexity index is 362. The first-order valence-electron chi connectivity index (χ1n) is 7.30. The van der Waals surface area contributed by atoms with Gasteiger partial charge in [-0.15, -0.1) is 6.58 Å². The number of hydrogen-bond acceptors (Lipinski definition) is 2. The highest BCUT2D eigenvalue weighted by molar-refractivity contribution is 5.27. The summed E-state index contributed by atoms with van der Waals surface area (Å²) >= 11 is 0. The summed E-state index contributed by atoms with van der Waals surface area (Å²) in [6, 6.07) is 8.78. The van der Waals surface area contributed by atoms with Crippen molar-refractivity contribution in [2.24, 2.45) is 0 Å². The topological polar surface area (TPSA) is 21.3 Å².